The standard InChI is InChI=1S/C13H21NO/c1-4-11(2)14-10-13(15-3)12-8-6-5-7-9-12/h5-9,11,13-14H,4,10H2,1-3H3. The van der Waals surface area contributed by atoms with Crippen LogP contribution in [-0.2, 0) is 4.74 Å². The predicted molar refractivity (Wildman–Crippen MR) is 63.9 cm³/mol. The van der Waals surface area contributed by atoms with E-state index < -0.39 is 0 Å². The van der Waals surface area contributed by atoms with Crippen LogP contribution in [0.1, 0.15) is 31.9 Å². The Hall–Kier alpha value is -0.860. The van der Waals surface area contributed by atoms with E-state index in [4.69, 9.17) is 4.74 Å². The molecule has 2 unspecified atom stereocenters. The third kappa shape index (κ3) is 4.02. The maximum absolute atomic E-state index is 5.47. The highest BCUT2D eigenvalue weighted by atomic mass is 16.5. The van der Waals surface area contributed by atoms with Gasteiger partial charge in [-0.05, 0) is 18.9 Å². The summed E-state index contributed by atoms with van der Waals surface area (Å²) in [4.78, 5) is 0. The first-order chi connectivity index (χ1) is 7.27. The Kier molecular flexibility index (Phi) is 5.37. The normalized spacial score (nSPS) is 14.9. The van der Waals surface area contributed by atoms with Gasteiger partial charge in [-0.2, -0.15) is 0 Å². The molecule has 1 rings (SSSR count). The first-order valence-electron chi connectivity index (χ1n) is 5.59. The first kappa shape index (κ1) is 12.2. The average molecular weight is 207 g/mol. The van der Waals surface area contributed by atoms with Crippen molar-refractivity contribution in [3.63, 3.8) is 0 Å². The summed E-state index contributed by atoms with van der Waals surface area (Å²) in [7, 11) is 1.76. The molecule has 2 atom stereocenters. The van der Waals surface area contributed by atoms with Gasteiger partial charge in [-0.3, -0.25) is 0 Å². The zero-order chi connectivity index (χ0) is 11.1. The van der Waals surface area contributed by atoms with Crippen molar-refractivity contribution in [3.8, 4) is 0 Å². The van der Waals surface area contributed by atoms with Gasteiger partial charge in [0, 0.05) is 19.7 Å². The third-order valence-electron chi connectivity index (χ3n) is 2.72. The second-order valence-corrected chi connectivity index (χ2v) is 3.85. The number of hydrogen-bond acceptors (Lipinski definition) is 2. The Morgan fingerprint density at radius 1 is 1.27 bits per heavy atom. The molecule has 0 radical (unpaired) electrons. The summed E-state index contributed by atoms with van der Waals surface area (Å²) >= 11 is 0. The van der Waals surface area contributed by atoms with Gasteiger partial charge in [-0.25, -0.2) is 0 Å². The number of rotatable bonds is 6. The predicted octanol–water partition coefficient (Wildman–Crippen LogP) is 2.76. The van der Waals surface area contributed by atoms with Crippen LogP contribution in [0.25, 0.3) is 0 Å². The van der Waals surface area contributed by atoms with Crippen LogP contribution in [0.5, 0.6) is 0 Å². The van der Waals surface area contributed by atoms with Gasteiger partial charge in [0.25, 0.3) is 0 Å². The summed E-state index contributed by atoms with van der Waals surface area (Å²) in [6, 6.07) is 10.9. The van der Waals surface area contributed by atoms with Crippen molar-refractivity contribution >= 4 is 0 Å². The van der Waals surface area contributed by atoms with E-state index in [1.165, 1.54) is 5.56 Å². The minimum Gasteiger partial charge on any atom is -0.375 e. The van der Waals surface area contributed by atoms with Crippen LogP contribution in [0, 0.1) is 0 Å². The van der Waals surface area contributed by atoms with Crippen molar-refractivity contribution in [1.82, 2.24) is 5.32 Å². The van der Waals surface area contributed by atoms with Gasteiger partial charge < -0.3 is 10.1 Å². The summed E-state index contributed by atoms with van der Waals surface area (Å²) in [6.45, 7) is 5.25. The number of hydrogen-bond donors (Lipinski definition) is 1. The highest BCUT2D eigenvalue weighted by molar-refractivity contribution is 5.17. The number of benzene rings is 1. The summed E-state index contributed by atoms with van der Waals surface area (Å²) in [6.07, 6.45) is 1.30. The van der Waals surface area contributed by atoms with Crippen LogP contribution in [0.3, 0.4) is 0 Å². The van der Waals surface area contributed by atoms with Gasteiger partial charge >= 0.3 is 0 Å². The molecular weight excluding hydrogens is 186 g/mol. The molecule has 0 amide bonds. The summed E-state index contributed by atoms with van der Waals surface area (Å²) < 4.78 is 5.47. The summed E-state index contributed by atoms with van der Waals surface area (Å²) in [5, 5.41) is 3.46. The zero-order valence-corrected chi connectivity index (χ0v) is 9.86. The maximum atomic E-state index is 5.47. The van der Waals surface area contributed by atoms with Crippen molar-refractivity contribution in [2.24, 2.45) is 0 Å². The lowest BCUT2D eigenvalue weighted by Gasteiger charge is -2.19. The van der Waals surface area contributed by atoms with Crippen LogP contribution in [-0.4, -0.2) is 19.7 Å². The molecule has 0 bridgehead atoms. The van der Waals surface area contributed by atoms with E-state index in [-0.39, 0.29) is 6.10 Å². The smallest absolute Gasteiger partial charge is 0.0945 e. The number of nitrogens with one attached hydrogen (secondary N) is 1. The van der Waals surface area contributed by atoms with Gasteiger partial charge in [-0.15, -0.1) is 0 Å². The molecule has 0 aliphatic heterocycles. The van der Waals surface area contributed by atoms with Crippen molar-refractivity contribution in [3.05, 3.63) is 35.9 Å². The van der Waals surface area contributed by atoms with E-state index >= 15 is 0 Å². The van der Waals surface area contributed by atoms with Crippen LogP contribution in [0.2, 0.25) is 0 Å². The molecule has 1 aromatic carbocycles. The Morgan fingerprint density at radius 3 is 2.47 bits per heavy atom. The lowest BCUT2D eigenvalue weighted by atomic mass is 10.1. The number of ether oxygens (including phenoxy) is 1. The van der Waals surface area contributed by atoms with Crippen LogP contribution in [0.15, 0.2) is 30.3 Å². The van der Waals surface area contributed by atoms with Crippen LogP contribution < -0.4 is 5.32 Å². The fraction of sp³-hybridized carbons (Fsp3) is 0.538. The molecule has 0 aromatic heterocycles. The molecule has 0 aliphatic rings. The Bertz CT molecular complexity index is 260. The molecular formula is C13H21NO. The Morgan fingerprint density at radius 2 is 1.93 bits per heavy atom. The fourth-order valence-corrected chi connectivity index (χ4v) is 1.46. The van der Waals surface area contributed by atoms with E-state index in [9.17, 15) is 0 Å². The van der Waals surface area contributed by atoms with Crippen molar-refractivity contribution in [2.75, 3.05) is 13.7 Å². The quantitative estimate of drug-likeness (QED) is 0.774. The zero-order valence-electron chi connectivity index (χ0n) is 9.86. The molecule has 0 spiro atoms. The van der Waals surface area contributed by atoms with Crippen LogP contribution in [0.4, 0.5) is 0 Å². The maximum Gasteiger partial charge on any atom is 0.0945 e. The summed E-state index contributed by atoms with van der Waals surface area (Å²) in [5.41, 5.74) is 1.23. The molecule has 0 aliphatic carbocycles. The number of methoxy groups -OCH3 is 1. The van der Waals surface area contributed by atoms with Crippen molar-refractivity contribution in [1.29, 1.82) is 0 Å². The molecule has 84 valence electrons. The van der Waals surface area contributed by atoms with Gasteiger partial charge in [-0.1, -0.05) is 37.3 Å². The van der Waals surface area contributed by atoms with E-state index in [0.29, 0.717) is 6.04 Å². The van der Waals surface area contributed by atoms with E-state index in [1.807, 2.05) is 18.2 Å². The van der Waals surface area contributed by atoms with Gasteiger partial charge in [0.2, 0.25) is 0 Å². The molecule has 0 saturated carbocycles. The van der Waals surface area contributed by atoms with E-state index in [0.717, 1.165) is 13.0 Å². The molecule has 0 saturated heterocycles. The average Bonchev–Trinajstić information content (AvgIpc) is 2.31. The van der Waals surface area contributed by atoms with Gasteiger partial charge in [0.15, 0.2) is 0 Å². The second kappa shape index (κ2) is 6.59. The Balaban J connectivity index is 2.50. The van der Waals surface area contributed by atoms with Gasteiger partial charge in [0.05, 0.1) is 6.10 Å². The Labute approximate surface area is 92.6 Å². The monoisotopic (exact) mass is 207 g/mol. The van der Waals surface area contributed by atoms with E-state index in [1.54, 1.807) is 7.11 Å². The van der Waals surface area contributed by atoms with Gasteiger partial charge in [0.1, 0.15) is 0 Å². The lowest BCUT2D eigenvalue weighted by Crippen LogP contribution is -2.30. The minimum absolute atomic E-state index is 0.153. The van der Waals surface area contributed by atoms with Crippen molar-refractivity contribution in [2.45, 2.75) is 32.4 Å². The molecule has 0 fully saturated rings. The lowest BCUT2D eigenvalue weighted by molar-refractivity contribution is 0.0998. The minimum atomic E-state index is 0.153. The molecule has 1 N–H and O–H groups in total. The van der Waals surface area contributed by atoms with Crippen molar-refractivity contribution < 1.29 is 4.74 Å². The second-order valence-electron chi connectivity index (χ2n) is 3.85. The summed E-state index contributed by atoms with van der Waals surface area (Å²) in [5.74, 6) is 0. The SMILES string of the molecule is CCC(C)NCC(OC)c1ccccc1. The highest BCUT2D eigenvalue weighted by Crippen LogP contribution is 2.15. The topological polar surface area (TPSA) is 21.3 Å². The highest BCUT2D eigenvalue weighted by Gasteiger charge is 2.10. The molecule has 1 aromatic rings. The largest absolute Gasteiger partial charge is 0.375 e. The molecule has 15 heavy (non-hydrogen) atoms. The fourth-order valence-electron chi connectivity index (χ4n) is 1.46. The molecule has 2 heteroatoms. The van der Waals surface area contributed by atoms with Crippen LogP contribution >= 0.6 is 0 Å². The third-order valence-corrected chi connectivity index (χ3v) is 2.72. The molecule has 2 nitrogen and oxygen atoms in total. The van der Waals surface area contributed by atoms with E-state index in [2.05, 4.69) is 31.3 Å². The molecule has 0 heterocycles. The first-order valence-corrected chi connectivity index (χ1v) is 5.59.